The Morgan fingerprint density at radius 1 is 0.948 bits per heavy atom. The Morgan fingerprint density at radius 2 is 1.64 bits per heavy atom. The molecule has 2 saturated heterocycles. The van der Waals surface area contributed by atoms with E-state index in [9.17, 15) is 53.1 Å². The number of nitrogens with one attached hydrogen (secondary N) is 2. The van der Waals surface area contributed by atoms with Crippen LogP contribution in [0.2, 0.25) is 0 Å². The monoisotopic (exact) mass is 1070 g/mol. The highest BCUT2D eigenvalue weighted by molar-refractivity contribution is 7.89. The molecule has 6 heterocycles. The fourth-order valence-electron chi connectivity index (χ4n) is 11.0. The van der Waals surface area contributed by atoms with E-state index in [0.29, 0.717) is 60.6 Å². The highest BCUT2D eigenvalue weighted by Gasteiger charge is 2.46. The predicted molar refractivity (Wildman–Crippen MR) is 285 cm³/mol. The lowest BCUT2D eigenvalue weighted by molar-refractivity contribution is -0.172. The average Bonchev–Trinajstić information content (AvgIpc) is 3.87. The fraction of sp³-hybridized carbons (Fsp3) is 0.418. The number of anilines is 1. The number of carbonyl (C=O) groups excluding carboxylic acids is 4. The Bertz CT molecular complexity index is 3440. The lowest BCUT2D eigenvalue weighted by Crippen LogP contribution is -2.50. The molecule has 0 aliphatic carbocycles. The largest absolute Gasteiger partial charge is 0.508 e. The summed E-state index contributed by atoms with van der Waals surface area (Å²) in [5.74, 6) is -4.19. The van der Waals surface area contributed by atoms with Crippen LogP contribution in [0.15, 0.2) is 70.4 Å². The van der Waals surface area contributed by atoms with Gasteiger partial charge in [0.1, 0.15) is 23.9 Å². The van der Waals surface area contributed by atoms with Gasteiger partial charge >= 0.3 is 12.1 Å². The molecule has 2 fully saturated rings. The highest BCUT2D eigenvalue weighted by atomic mass is 32.2. The van der Waals surface area contributed by atoms with Crippen LogP contribution in [-0.4, -0.2) is 129 Å². The van der Waals surface area contributed by atoms with Crippen molar-refractivity contribution in [2.75, 3.05) is 44.7 Å². The molecule has 4 aliphatic heterocycles. The maximum Gasteiger partial charge on any atom is 0.415 e. The van der Waals surface area contributed by atoms with E-state index < -0.39 is 56.9 Å². The summed E-state index contributed by atoms with van der Waals surface area (Å²) in [5.41, 5.74) is 1.98. The lowest BCUT2D eigenvalue weighted by atomic mass is 9.86. The molecule has 4 aliphatic rings. The van der Waals surface area contributed by atoms with E-state index in [4.69, 9.17) is 19.9 Å². The number of piperidine rings is 2. The molecule has 0 spiro atoms. The van der Waals surface area contributed by atoms with Crippen LogP contribution in [0.4, 0.5) is 10.5 Å². The van der Waals surface area contributed by atoms with Gasteiger partial charge in [-0.25, -0.2) is 23.0 Å². The molecule has 0 radical (unpaired) electrons. The zero-order valence-electron chi connectivity index (χ0n) is 43.8. The molecular weight excluding hydrogens is 1010 g/mol. The highest BCUT2D eigenvalue weighted by Crippen LogP contribution is 2.41. The second kappa shape index (κ2) is 21.0. The number of benzene rings is 3. The van der Waals surface area contributed by atoms with Crippen LogP contribution < -0.4 is 20.5 Å². The first-order chi connectivity index (χ1) is 36.6. The van der Waals surface area contributed by atoms with E-state index in [1.165, 1.54) is 39.5 Å². The summed E-state index contributed by atoms with van der Waals surface area (Å²) in [4.78, 5) is 75.8. The Morgan fingerprint density at radius 3 is 2.27 bits per heavy atom. The van der Waals surface area contributed by atoms with Crippen molar-refractivity contribution in [2.45, 2.75) is 109 Å². The maximum atomic E-state index is 13.9. The number of aryl methyl sites for hydroxylation is 1. The third-order valence-corrected chi connectivity index (χ3v) is 17.4. The van der Waals surface area contributed by atoms with Gasteiger partial charge in [-0.3, -0.25) is 14.4 Å². The van der Waals surface area contributed by atoms with E-state index in [2.05, 4.69) is 5.32 Å². The van der Waals surface area contributed by atoms with Crippen molar-refractivity contribution in [1.82, 2.24) is 29.0 Å². The van der Waals surface area contributed by atoms with Gasteiger partial charge in [0.2, 0.25) is 21.8 Å². The number of rotatable bonds is 11. The number of likely N-dealkylation sites (tertiary alicyclic amines) is 1. The number of amides is 3. The van der Waals surface area contributed by atoms with Crippen molar-refractivity contribution in [1.29, 1.82) is 5.41 Å². The lowest BCUT2D eigenvalue weighted by Gasteiger charge is -2.39. The third kappa shape index (κ3) is 9.66. The van der Waals surface area contributed by atoms with Crippen molar-refractivity contribution in [3.63, 3.8) is 0 Å². The zero-order chi connectivity index (χ0) is 55.4. The standard InChI is InChI=1S/C55H62N9O12S/c1-7-36-38-24-34(12-15-43(38)59-47-40(36)28-63-44(47)26-42-41(52(63)69)29-75-53(70)55(42,72)8-2)76-54(71)60(6)32-18-20-61(21-19-32)51(68)31-16-22-62(23-17-31)77(73,74)35-13-10-33(11-14-35)64(49(57)50(67)58-9-3)48(56)39-25-37(30(4)5)45(65)27-46(39)66/h10-15,24-27,30-32,56,65-66,72H,7-9,16-23,28-29H2,1-6H3,(H,58,67)/q-1. The van der Waals surface area contributed by atoms with Crippen molar-refractivity contribution in [2.24, 2.45) is 5.92 Å². The van der Waals surface area contributed by atoms with Crippen LogP contribution in [-0.2, 0) is 54.3 Å². The summed E-state index contributed by atoms with van der Waals surface area (Å²) in [5, 5.41) is 55.8. The minimum absolute atomic E-state index is 0.0321. The van der Waals surface area contributed by atoms with Crippen molar-refractivity contribution < 1.29 is 52.4 Å². The summed E-state index contributed by atoms with van der Waals surface area (Å²) in [6, 6.07) is 14.3. The van der Waals surface area contributed by atoms with Crippen LogP contribution >= 0.6 is 0 Å². The number of nitrogens with zero attached hydrogens (tertiary/aromatic N) is 7. The Hall–Kier alpha value is -7.69. The number of hydrogen-bond acceptors (Lipinski definition) is 14. The van der Waals surface area contributed by atoms with Crippen molar-refractivity contribution in [3.05, 3.63) is 110 Å². The van der Waals surface area contributed by atoms with Gasteiger partial charge in [-0.1, -0.05) is 39.8 Å². The van der Waals surface area contributed by atoms with Gasteiger partial charge in [0.05, 0.1) is 39.7 Å². The summed E-state index contributed by atoms with van der Waals surface area (Å²) in [6.45, 7) is 10.00. The van der Waals surface area contributed by atoms with Gasteiger partial charge in [-0.05, 0) is 111 Å². The molecular formula is C55H62N9O12S-. The number of esters is 1. The second-order valence-electron chi connectivity index (χ2n) is 20.2. The molecule has 3 amide bonds. The number of sulfonamides is 1. The van der Waals surface area contributed by atoms with Crippen LogP contribution in [0.5, 0.6) is 17.2 Å². The molecule has 21 nitrogen and oxygen atoms in total. The van der Waals surface area contributed by atoms with Crippen LogP contribution in [0.3, 0.4) is 0 Å². The van der Waals surface area contributed by atoms with Gasteiger partial charge in [-0.15, -0.1) is 0 Å². The number of ether oxygens (including phenoxy) is 2. The molecule has 2 aromatic heterocycles. The molecule has 5 N–H and O–H groups in total. The number of pyridine rings is 2. The number of hydrogen-bond donors (Lipinski definition) is 5. The van der Waals surface area contributed by atoms with Crippen molar-refractivity contribution in [3.8, 4) is 28.6 Å². The summed E-state index contributed by atoms with van der Waals surface area (Å²) >= 11 is 0. The minimum Gasteiger partial charge on any atom is -0.508 e. The Balaban J connectivity index is 0.806. The SMILES string of the molecule is CCNC(=O)C(=[N-])N(C(=N)c1cc(C(C)C)c(O)cc1O)c1ccc(S(=O)(=O)N2CCC(C(=O)N3CCC(N(C)C(=O)Oc4ccc5nc6c(c(CC)c5c4)Cn4c-6cc5c(c4=O)COC(=O)C5(O)CC)CC3)CC2)cc1. The molecule has 5 aromatic rings. The third-order valence-electron chi connectivity index (χ3n) is 15.5. The normalized spacial score (nSPS) is 17.8. The Labute approximate surface area is 445 Å². The number of carbonyl (C=O) groups is 4. The first-order valence-electron chi connectivity index (χ1n) is 25.9. The van der Waals surface area contributed by atoms with Crippen molar-refractivity contribution >= 4 is 62.2 Å². The van der Waals surface area contributed by atoms with Gasteiger partial charge in [0, 0.05) is 85.7 Å². The number of likely N-dealkylation sites (N-methyl/N-ethyl adjacent to an activating group) is 1. The quantitative estimate of drug-likeness (QED) is 0.0597. The van der Waals surface area contributed by atoms with Gasteiger partial charge < -0.3 is 60.2 Å². The molecule has 22 heteroatoms. The summed E-state index contributed by atoms with van der Waals surface area (Å²) < 4.78 is 41.9. The second-order valence-corrected chi connectivity index (χ2v) is 22.1. The van der Waals surface area contributed by atoms with E-state index in [1.54, 1.807) is 68.5 Å². The van der Waals surface area contributed by atoms with Gasteiger partial charge in [0.25, 0.3) is 5.56 Å². The molecule has 1 unspecified atom stereocenters. The van der Waals surface area contributed by atoms with E-state index in [1.807, 2.05) is 6.92 Å². The molecule has 406 valence electrons. The zero-order valence-corrected chi connectivity index (χ0v) is 44.6. The fourth-order valence-corrected chi connectivity index (χ4v) is 12.5. The van der Waals surface area contributed by atoms with E-state index in [-0.39, 0.29) is 108 Å². The number of fused-ring (bicyclic) bond motifs is 5. The Kier molecular flexibility index (Phi) is 14.8. The van der Waals surface area contributed by atoms with Crippen LogP contribution in [0.25, 0.3) is 27.7 Å². The maximum absolute atomic E-state index is 13.9. The number of phenolic OH excluding ortho intramolecular Hbond substituents is 2. The number of aromatic nitrogens is 2. The molecule has 9 rings (SSSR count). The molecule has 3 aromatic carbocycles. The molecule has 0 saturated carbocycles. The van der Waals surface area contributed by atoms with Gasteiger partial charge in [0.15, 0.2) is 5.60 Å². The number of phenols is 2. The minimum atomic E-state index is -4.07. The summed E-state index contributed by atoms with van der Waals surface area (Å²) in [7, 11) is -2.41. The smallest absolute Gasteiger partial charge is 0.415 e. The topological polar surface area (TPSA) is 288 Å². The molecule has 0 bridgehead atoms. The van der Waals surface area contributed by atoms with Crippen LogP contribution in [0, 0.1) is 11.3 Å². The molecule has 1 atom stereocenters. The van der Waals surface area contributed by atoms with E-state index in [0.717, 1.165) is 27.5 Å². The average molecular weight is 1070 g/mol. The number of amidine groups is 2. The van der Waals surface area contributed by atoms with E-state index >= 15 is 0 Å². The van der Waals surface area contributed by atoms with Gasteiger partial charge in [-0.2, -0.15) is 4.31 Å². The number of aliphatic hydroxyl groups is 1. The predicted octanol–water partition coefficient (Wildman–Crippen LogP) is 5.64. The number of cyclic esters (lactones) is 1. The first-order valence-corrected chi connectivity index (χ1v) is 27.3. The van der Waals surface area contributed by atoms with Crippen LogP contribution in [0.1, 0.15) is 106 Å². The molecule has 77 heavy (non-hydrogen) atoms. The number of aromatic hydroxyl groups is 2. The first kappa shape index (κ1) is 54.1. The summed E-state index contributed by atoms with van der Waals surface area (Å²) in [6.07, 6.45) is 1.61.